The van der Waals surface area contributed by atoms with Crippen molar-refractivity contribution in [3.05, 3.63) is 29.6 Å². The second-order valence-corrected chi connectivity index (χ2v) is 10.3. The fraction of sp³-hybridized carbons (Fsp3) is 0.704. The molecule has 0 atom stereocenters. The second-order valence-electron chi connectivity index (χ2n) is 10.3. The maximum atomic E-state index is 14.4. The van der Waals surface area contributed by atoms with Crippen molar-refractivity contribution in [1.29, 1.82) is 0 Å². The van der Waals surface area contributed by atoms with Crippen molar-refractivity contribution in [2.24, 2.45) is 5.92 Å². The number of halogens is 1. The van der Waals surface area contributed by atoms with E-state index in [1.54, 1.807) is 11.0 Å². The third-order valence-corrected chi connectivity index (χ3v) is 6.80. The Hall–Kier alpha value is -2.03. The van der Waals surface area contributed by atoms with E-state index in [-0.39, 0.29) is 24.2 Å². The topological polar surface area (TPSA) is 56.3 Å². The van der Waals surface area contributed by atoms with E-state index in [9.17, 15) is 14.0 Å². The molecule has 0 unspecified atom stereocenters. The Morgan fingerprint density at radius 3 is 2.29 bits per heavy atom. The maximum absolute atomic E-state index is 14.4. The molecule has 3 rings (SSSR count). The lowest BCUT2D eigenvalue weighted by Gasteiger charge is -2.33. The highest BCUT2D eigenvalue weighted by molar-refractivity contribution is 5.95. The molecule has 0 aliphatic carbocycles. The number of methoxy groups -OCH3 is 1. The number of nitrogens with zero attached hydrogens (tertiary/aromatic N) is 4. The van der Waals surface area contributed by atoms with E-state index in [4.69, 9.17) is 4.74 Å². The summed E-state index contributed by atoms with van der Waals surface area (Å²) >= 11 is 0. The van der Waals surface area contributed by atoms with Crippen LogP contribution in [-0.4, -0.2) is 92.6 Å². The number of hydrogen-bond donors (Lipinski definition) is 0. The average molecular weight is 491 g/mol. The molecule has 7 nitrogen and oxygen atoms in total. The van der Waals surface area contributed by atoms with Gasteiger partial charge >= 0.3 is 0 Å². The number of amides is 2. The van der Waals surface area contributed by atoms with Crippen LogP contribution in [0.4, 0.5) is 10.1 Å². The van der Waals surface area contributed by atoms with Gasteiger partial charge in [-0.2, -0.15) is 0 Å². The van der Waals surface area contributed by atoms with E-state index in [0.717, 1.165) is 58.4 Å². The van der Waals surface area contributed by atoms with E-state index < -0.39 is 0 Å². The average Bonchev–Trinajstić information content (AvgIpc) is 2.81. The summed E-state index contributed by atoms with van der Waals surface area (Å²) in [5.41, 5.74) is 1.33. The first-order chi connectivity index (χ1) is 16.9. The normalized spacial score (nSPS) is 19.2. The summed E-state index contributed by atoms with van der Waals surface area (Å²) in [7, 11) is 1.51. The first kappa shape index (κ1) is 27.6. The molecule has 1 aromatic carbocycles. The van der Waals surface area contributed by atoms with Gasteiger partial charge in [0.05, 0.1) is 6.54 Å². The van der Waals surface area contributed by atoms with Crippen LogP contribution in [0.15, 0.2) is 18.2 Å². The monoisotopic (exact) mass is 490 g/mol. The third kappa shape index (κ3) is 8.54. The summed E-state index contributed by atoms with van der Waals surface area (Å²) in [6.07, 6.45) is 5.16. The van der Waals surface area contributed by atoms with Crippen molar-refractivity contribution in [3.63, 3.8) is 0 Å². The number of piperidine rings is 1. The molecule has 0 N–H and O–H groups in total. The quantitative estimate of drug-likeness (QED) is 0.612. The van der Waals surface area contributed by atoms with Crippen molar-refractivity contribution in [3.8, 4) is 0 Å². The van der Waals surface area contributed by atoms with Crippen LogP contribution in [0.1, 0.15) is 51.5 Å². The fourth-order valence-corrected chi connectivity index (χ4v) is 5.18. The second kappa shape index (κ2) is 13.9. The number of anilines is 1. The molecule has 8 heteroatoms. The lowest BCUT2D eigenvalue weighted by atomic mass is 10.1. The molecular formula is C27H43FN4O3. The molecular weight excluding hydrogens is 447 g/mol. The van der Waals surface area contributed by atoms with Gasteiger partial charge in [0.2, 0.25) is 5.91 Å². The van der Waals surface area contributed by atoms with E-state index in [1.807, 2.05) is 4.90 Å². The van der Waals surface area contributed by atoms with Gasteiger partial charge in [-0.25, -0.2) is 4.39 Å². The minimum absolute atomic E-state index is 0.0376. The van der Waals surface area contributed by atoms with Crippen molar-refractivity contribution in [1.82, 2.24) is 14.7 Å². The van der Waals surface area contributed by atoms with Crippen LogP contribution in [0.3, 0.4) is 0 Å². The summed E-state index contributed by atoms with van der Waals surface area (Å²) < 4.78 is 19.5. The molecule has 35 heavy (non-hydrogen) atoms. The van der Waals surface area contributed by atoms with Crippen molar-refractivity contribution >= 4 is 17.5 Å². The summed E-state index contributed by atoms with van der Waals surface area (Å²) in [6.45, 7) is 10.9. The van der Waals surface area contributed by atoms with Gasteiger partial charge < -0.3 is 19.4 Å². The zero-order valence-corrected chi connectivity index (χ0v) is 21.8. The molecule has 0 radical (unpaired) electrons. The Bertz CT molecular complexity index is 829. The highest BCUT2D eigenvalue weighted by Crippen LogP contribution is 2.25. The van der Waals surface area contributed by atoms with Gasteiger partial charge in [-0.05, 0) is 81.5 Å². The molecule has 0 saturated carbocycles. The number of hydrogen-bond acceptors (Lipinski definition) is 5. The molecule has 2 aliphatic heterocycles. The molecule has 2 aliphatic rings. The molecule has 1 aromatic rings. The fourth-order valence-electron chi connectivity index (χ4n) is 5.18. The Morgan fingerprint density at radius 2 is 1.60 bits per heavy atom. The Labute approximate surface area is 210 Å². The van der Waals surface area contributed by atoms with Crippen LogP contribution in [0.25, 0.3) is 0 Å². The Kier molecular flexibility index (Phi) is 10.9. The molecule has 196 valence electrons. The van der Waals surface area contributed by atoms with Crippen molar-refractivity contribution in [2.75, 3.05) is 71.0 Å². The van der Waals surface area contributed by atoms with Crippen LogP contribution in [0.5, 0.6) is 0 Å². The lowest BCUT2D eigenvalue weighted by molar-refractivity contribution is -0.133. The largest absolute Gasteiger partial charge is 0.375 e. The van der Waals surface area contributed by atoms with E-state index in [2.05, 4.69) is 23.6 Å². The Morgan fingerprint density at radius 1 is 0.914 bits per heavy atom. The molecule has 0 aromatic heterocycles. The summed E-state index contributed by atoms with van der Waals surface area (Å²) in [6, 6.07) is 4.53. The smallest absolute Gasteiger partial charge is 0.252 e. The number of carbonyl (C=O) groups excluding carboxylic acids is 2. The molecule has 0 spiro atoms. The minimum atomic E-state index is -0.360. The minimum Gasteiger partial charge on any atom is -0.375 e. The number of ether oxygens (including phenoxy) is 1. The van der Waals surface area contributed by atoms with Crippen LogP contribution in [0.2, 0.25) is 0 Å². The zero-order valence-electron chi connectivity index (χ0n) is 21.8. The number of fused-ring (bicyclic) bond motifs is 1. The first-order valence-electron chi connectivity index (χ1n) is 13.2. The number of carbonyl (C=O) groups is 2. The van der Waals surface area contributed by atoms with Crippen molar-refractivity contribution in [2.45, 2.75) is 52.5 Å². The van der Waals surface area contributed by atoms with Gasteiger partial charge in [0, 0.05) is 39.0 Å². The third-order valence-electron chi connectivity index (χ3n) is 6.80. The van der Waals surface area contributed by atoms with Crippen LogP contribution < -0.4 is 4.90 Å². The first-order valence-corrected chi connectivity index (χ1v) is 13.2. The van der Waals surface area contributed by atoms with Gasteiger partial charge in [-0.3, -0.25) is 14.5 Å². The SMILES string of the molecule is COCC(=O)N1CCCN(CC(C)C)CCCN(C(=O)CN2CCCCC2)Cc2cc(F)ccc21. The van der Waals surface area contributed by atoms with Crippen LogP contribution >= 0.6 is 0 Å². The van der Waals surface area contributed by atoms with Gasteiger partial charge in [-0.15, -0.1) is 0 Å². The maximum Gasteiger partial charge on any atom is 0.252 e. The van der Waals surface area contributed by atoms with Crippen molar-refractivity contribution < 1.29 is 18.7 Å². The zero-order chi connectivity index (χ0) is 25.2. The summed E-state index contributed by atoms with van der Waals surface area (Å²) in [4.78, 5) is 34.7. The predicted molar refractivity (Wildman–Crippen MR) is 137 cm³/mol. The van der Waals surface area contributed by atoms with Gasteiger partial charge in [-0.1, -0.05) is 20.3 Å². The number of rotatable bonds is 6. The molecule has 0 bridgehead atoms. The number of benzene rings is 1. The number of likely N-dealkylation sites (tertiary alicyclic amines) is 1. The predicted octanol–water partition coefficient (Wildman–Crippen LogP) is 3.37. The lowest BCUT2D eigenvalue weighted by Crippen LogP contribution is -2.44. The standard InChI is InChI=1S/C27H43FN4O3/c1-22(2)18-29-13-7-15-31(26(33)20-30-11-5-4-6-12-30)19-23-17-24(28)9-10-25(23)32(16-8-14-29)27(34)21-35-3/h9-10,17,22H,4-8,11-16,18-21H2,1-3H3. The van der Waals surface area contributed by atoms with Gasteiger partial charge in [0.25, 0.3) is 5.91 Å². The Balaban J connectivity index is 1.89. The van der Waals surface area contributed by atoms with Gasteiger partial charge in [0.15, 0.2) is 0 Å². The highest BCUT2D eigenvalue weighted by Gasteiger charge is 2.25. The molecule has 2 heterocycles. The summed E-state index contributed by atoms with van der Waals surface area (Å²) in [5, 5.41) is 0. The van der Waals surface area contributed by atoms with Crippen LogP contribution in [0, 0.1) is 11.7 Å². The van der Waals surface area contributed by atoms with E-state index in [1.165, 1.54) is 25.7 Å². The highest BCUT2D eigenvalue weighted by atomic mass is 19.1. The van der Waals surface area contributed by atoms with Gasteiger partial charge in [0.1, 0.15) is 12.4 Å². The summed E-state index contributed by atoms with van der Waals surface area (Å²) in [5.74, 6) is 0.0968. The van der Waals surface area contributed by atoms with E-state index >= 15 is 0 Å². The van der Waals surface area contributed by atoms with Crippen LogP contribution in [-0.2, 0) is 20.9 Å². The molecule has 1 fully saturated rings. The molecule has 2 amide bonds. The molecule has 1 saturated heterocycles. The van der Waals surface area contributed by atoms with E-state index in [0.29, 0.717) is 43.3 Å².